The lowest BCUT2D eigenvalue weighted by Crippen LogP contribution is -2.49. The Morgan fingerprint density at radius 2 is 2.04 bits per heavy atom. The Balaban J connectivity index is 1.39. The van der Waals surface area contributed by atoms with Crippen molar-refractivity contribution in [3.05, 3.63) is 48.0 Å². The number of rotatable bonds is 4. The fourth-order valence-electron chi connectivity index (χ4n) is 4.00. The topological polar surface area (TPSA) is 54.3 Å². The second kappa shape index (κ2) is 7.35. The van der Waals surface area contributed by atoms with E-state index in [4.69, 9.17) is 0 Å². The van der Waals surface area contributed by atoms with Crippen molar-refractivity contribution in [1.29, 1.82) is 0 Å². The van der Waals surface area contributed by atoms with Gasteiger partial charge < -0.3 is 4.90 Å². The molecule has 132 valence electrons. The van der Waals surface area contributed by atoms with Crippen LogP contribution >= 0.6 is 0 Å². The van der Waals surface area contributed by atoms with E-state index in [1.807, 2.05) is 9.58 Å². The Morgan fingerprint density at radius 1 is 1.16 bits per heavy atom. The van der Waals surface area contributed by atoms with Crippen LogP contribution in [-0.4, -0.2) is 56.1 Å². The van der Waals surface area contributed by atoms with Crippen molar-refractivity contribution in [2.24, 2.45) is 0 Å². The lowest BCUT2D eigenvalue weighted by atomic mass is 9.99. The second-order valence-electron chi connectivity index (χ2n) is 7.07. The highest BCUT2D eigenvalue weighted by Crippen LogP contribution is 2.21. The molecule has 1 atom stereocenters. The lowest BCUT2D eigenvalue weighted by molar-refractivity contribution is -0.134. The van der Waals surface area contributed by atoms with Crippen molar-refractivity contribution >= 4 is 5.91 Å². The van der Waals surface area contributed by atoms with Crippen molar-refractivity contribution in [3.8, 4) is 0 Å². The molecule has 2 aromatic rings. The number of carbonyl (C=O) groups is 1. The highest BCUT2D eigenvalue weighted by Gasteiger charge is 2.28. The molecule has 6 heteroatoms. The summed E-state index contributed by atoms with van der Waals surface area (Å²) in [6.45, 7) is 3.90. The van der Waals surface area contributed by atoms with Crippen LogP contribution in [0.1, 0.15) is 30.4 Å². The molecule has 0 radical (unpaired) electrons. The zero-order valence-corrected chi connectivity index (χ0v) is 14.5. The summed E-state index contributed by atoms with van der Waals surface area (Å²) in [7, 11) is 0. The second-order valence-corrected chi connectivity index (χ2v) is 7.07. The minimum Gasteiger partial charge on any atom is -0.337 e. The number of hydrogen-bond donors (Lipinski definition) is 0. The van der Waals surface area contributed by atoms with Gasteiger partial charge in [0.25, 0.3) is 0 Å². The van der Waals surface area contributed by atoms with E-state index in [9.17, 15) is 4.79 Å². The van der Waals surface area contributed by atoms with Gasteiger partial charge in [-0.2, -0.15) is 5.10 Å². The number of carbonyl (C=O) groups excluding carboxylic acids is 1. The maximum Gasteiger partial charge on any atom is 0.237 e. The van der Waals surface area contributed by atoms with Gasteiger partial charge in [-0.1, -0.05) is 30.7 Å². The van der Waals surface area contributed by atoms with Crippen LogP contribution in [0.5, 0.6) is 0 Å². The summed E-state index contributed by atoms with van der Waals surface area (Å²) in [6.07, 6.45) is 7.81. The molecule has 1 aromatic heterocycles. The maximum atomic E-state index is 12.9. The zero-order chi connectivity index (χ0) is 17.1. The summed E-state index contributed by atoms with van der Waals surface area (Å²) >= 11 is 0. The molecule has 1 saturated heterocycles. The monoisotopic (exact) mass is 339 g/mol. The highest BCUT2D eigenvalue weighted by molar-refractivity contribution is 5.78. The third-order valence-corrected chi connectivity index (χ3v) is 5.44. The molecular weight excluding hydrogens is 314 g/mol. The summed E-state index contributed by atoms with van der Waals surface area (Å²) in [5.41, 5.74) is 2.67. The molecular formula is C19H25N5O. The van der Waals surface area contributed by atoms with E-state index in [0.29, 0.717) is 12.6 Å². The molecule has 0 aliphatic carbocycles. The predicted octanol–water partition coefficient (Wildman–Crippen LogP) is 1.72. The number of aromatic nitrogens is 3. The van der Waals surface area contributed by atoms with E-state index in [1.54, 1.807) is 12.7 Å². The number of fused-ring (bicyclic) bond motifs is 1. The van der Waals surface area contributed by atoms with Gasteiger partial charge in [-0.3, -0.25) is 14.4 Å². The van der Waals surface area contributed by atoms with Crippen LogP contribution < -0.4 is 0 Å². The van der Waals surface area contributed by atoms with Gasteiger partial charge in [0.15, 0.2) is 0 Å². The van der Waals surface area contributed by atoms with Gasteiger partial charge in [-0.25, -0.2) is 4.98 Å². The SMILES string of the molecule is O=C(CN1CCCC[C@H]1Cn1cncn1)N1CCc2ccccc2C1. The van der Waals surface area contributed by atoms with E-state index in [0.717, 1.165) is 39.0 Å². The summed E-state index contributed by atoms with van der Waals surface area (Å²) in [4.78, 5) is 21.3. The van der Waals surface area contributed by atoms with Crippen molar-refractivity contribution in [2.45, 2.75) is 44.8 Å². The summed E-state index contributed by atoms with van der Waals surface area (Å²) in [6, 6.07) is 8.83. The van der Waals surface area contributed by atoms with E-state index in [1.165, 1.54) is 24.0 Å². The number of piperidine rings is 1. The van der Waals surface area contributed by atoms with Gasteiger partial charge in [0.05, 0.1) is 13.1 Å². The summed E-state index contributed by atoms with van der Waals surface area (Å²) < 4.78 is 1.88. The standard InChI is InChI=1S/C19H25N5O/c25-19(23-10-8-16-5-1-2-6-17(16)11-23)13-22-9-4-3-7-18(22)12-24-15-20-14-21-24/h1-2,5-6,14-15,18H,3-4,7-13H2/t18-/m0/s1. The minimum atomic E-state index is 0.250. The number of amides is 1. The minimum absolute atomic E-state index is 0.250. The molecule has 25 heavy (non-hydrogen) atoms. The first-order valence-electron chi connectivity index (χ1n) is 9.20. The smallest absolute Gasteiger partial charge is 0.237 e. The molecule has 0 N–H and O–H groups in total. The van der Waals surface area contributed by atoms with E-state index >= 15 is 0 Å². The number of nitrogens with zero attached hydrogens (tertiary/aromatic N) is 5. The fourth-order valence-corrected chi connectivity index (χ4v) is 4.00. The highest BCUT2D eigenvalue weighted by atomic mass is 16.2. The van der Waals surface area contributed by atoms with Gasteiger partial charge >= 0.3 is 0 Å². The van der Waals surface area contributed by atoms with E-state index < -0.39 is 0 Å². The number of hydrogen-bond acceptors (Lipinski definition) is 4. The van der Waals surface area contributed by atoms with Crippen LogP contribution in [0.4, 0.5) is 0 Å². The van der Waals surface area contributed by atoms with Gasteiger partial charge in [-0.05, 0) is 36.9 Å². The van der Waals surface area contributed by atoms with Gasteiger partial charge in [0.2, 0.25) is 5.91 Å². The lowest BCUT2D eigenvalue weighted by Gasteiger charge is -2.37. The number of likely N-dealkylation sites (tertiary alicyclic amines) is 1. The molecule has 1 fully saturated rings. The summed E-state index contributed by atoms with van der Waals surface area (Å²) in [5, 5.41) is 4.22. The first kappa shape index (κ1) is 16.3. The Hall–Kier alpha value is -2.21. The molecule has 0 spiro atoms. The Morgan fingerprint density at radius 3 is 2.88 bits per heavy atom. The third kappa shape index (κ3) is 3.74. The largest absolute Gasteiger partial charge is 0.337 e. The normalized spacial score (nSPS) is 21.1. The summed E-state index contributed by atoms with van der Waals surface area (Å²) in [5.74, 6) is 0.250. The first-order valence-corrected chi connectivity index (χ1v) is 9.20. The molecule has 6 nitrogen and oxygen atoms in total. The molecule has 0 unspecified atom stereocenters. The molecule has 1 aromatic carbocycles. The van der Waals surface area contributed by atoms with Crippen LogP contribution in [0.25, 0.3) is 0 Å². The maximum absolute atomic E-state index is 12.9. The molecule has 0 saturated carbocycles. The Bertz CT molecular complexity index is 714. The van der Waals surface area contributed by atoms with E-state index in [2.05, 4.69) is 39.2 Å². The quantitative estimate of drug-likeness (QED) is 0.851. The van der Waals surface area contributed by atoms with Gasteiger partial charge in [0, 0.05) is 19.1 Å². The average Bonchev–Trinajstić information content (AvgIpc) is 3.16. The van der Waals surface area contributed by atoms with Crippen molar-refractivity contribution in [1.82, 2.24) is 24.6 Å². The first-order chi connectivity index (χ1) is 12.3. The predicted molar refractivity (Wildman–Crippen MR) is 94.8 cm³/mol. The Kier molecular flexibility index (Phi) is 4.78. The van der Waals surface area contributed by atoms with Crippen LogP contribution in [0.2, 0.25) is 0 Å². The molecule has 3 heterocycles. The molecule has 4 rings (SSSR count). The van der Waals surface area contributed by atoms with Crippen LogP contribution in [0.15, 0.2) is 36.9 Å². The molecule has 2 aliphatic heterocycles. The van der Waals surface area contributed by atoms with Crippen LogP contribution in [0, 0.1) is 0 Å². The average molecular weight is 339 g/mol. The van der Waals surface area contributed by atoms with Crippen molar-refractivity contribution < 1.29 is 4.79 Å². The molecule has 0 bridgehead atoms. The van der Waals surface area contributed by atoms with Crippen LogP contribution in [-0.2, 0) is 24.3 Å². The van der Waals surface area contributed by atoms with E-state index in [-0.39, 0.29) is 5.91 Å². The fraction of sp³-hybridized carbons (Fsp3) is 0.526. The van der Waals surface area contributed by atoms with Gasteiger partial charge in [-0.15, -0.1) is 0 Å². The van der Waals surface area contributed by atoms with Crippen molar-refractivity contribution in [3.63, 3.8) is 0 Å². The Labute approximate surface area is 148 Å². The molecule has 2 aliphatic rings. The third-order valence-electron chi connectivity index (χ3n) is 5.44. The van der Waals surface area contributed by atoms with Crippen molar-refractivity contribution in [2.75, 3.05) is 19.6 Å². The zero-order valence-electron chi connectivity index (χ0n) is 14.5. The van der Waals surface area contributed by atoms with Gasteiger partial charge in [0.1, 0.15) is 12.7 Å². The van der Waals surface area contributed by atoms with Crippen LogP contribution in [0.3, 0.4) is 0 Å². The molecule has 1 amide bonds. The number of benzene rings is 1.